The molecule has 1 aliphatic heterocycles. The summed E-state index contributed by atoms with van der Waals surface area (Å²) in [5.41, 5.74) is 1.74. The third-order valence-corrected chi connectivity index (χ3v) is 6.87. The number of thiophene rings is 2. The Labute approximate surface area is 172 Å². The van der Waals surface area contributed by atoms with Crippen LogP contribution in [0, 0.1) is 0 Å². The van der Waals surface area contributed by atoms with E-state index in [1.54, 1.807) is 56.1 Å². The van der Waals surface area contributed by atoms with Gasteiger partial charge in [0.25, 0.3) is 5.91 Å². The number of methoxy groups -OCH3 is 3. The van der Waals surface area contributed by atoms with Gasteiger partial charge < -0.3 is 19.1 Å². The van der Waals surface area contributed by atoms with Gasteiger partial charge in [-0.05, 0) is 47.0 Å². The minimum atomic E-state index is -0.0680. The monoisotopic (exact) mass is 415 g/mol. The van der Waals surface area contributed by atoms with Crippen LogP contribution in [-0.2, 0) is 6.42 Å². The molecule has 0 spiro atoms. The van der Waals surface area contributed by atoms with Gasteiger partial charge in [-0.25, -0.2) is 0 Å². The number of hydrogen-bond acceptors (Lipinski definition) is 6. The first kappa shape index (κ1) is 18.8. The van der Waals surface area contributed by atoms with E-state index in [4.69, 9.17) is 14.2 Å². The summed E-state index contributed by atoms with van der Waals surface area (Å²) >= 11 is 3.44. The molecule has 3 aromatic rings. The van der Waals surface area contributed by atoms with Crippen molar-refractivity contribution in [3.8, 4) is 17.2 Å². The van der Waals surface area contributed by atoms with E-state index >= 15 is 0 Å². The van der Waals surface area contributed by atoms with E-state index in [-0.39, 0.29) is 11.9 Å². The van der Waals surface area contributed by atoms with Gasteiger partial charge in [-0.15, -0.1) is 22.7 Å². The molecule has 7 heteroatoms. The molecule has 0 bridgehead atoms. The summed E-state index contributed by atoms with van der Waals surface area (Å²) in [6.45, 7) is 0.672. The average Bonchev–Trinajstić information content (AvgIpc) is 3.43. The second-order valence-electron chi connectivity index (χ2n) is 6.38. The standard InChI is InChI=1S/C21H21NO4S2/c1-24-15-11-13(12-16(25-2)20(15)26-3)21(23)22-8-6-17-14(7-10-28-17)19(22)18-5-4-9-27-18/h4-5,7,9-12,19H,6,8H2,1-3H3. The zero-order valence-electron chi connectivity index (χ0n) is 15.9. The van der Waals surface area contributed by atoms with Crippen LogP contribution in [0.15, 0.2) is 41.1 Å². The Morgan fingerprint density at radius 1 is 1.04 bits per heavy atom. The molecule has 0 aliphatic carbocycles. The van der Waals surface area contributed by atoms with Gasteiger partial charge in [-0.1, -0.05) is 6.07 Å². The van der Waals surface area contributed by atoms with Gasteiger partial charge in [-0.3, -0.25) is 4.79 Å². The number of carbonyl (C=O) groups is 1. The van der Waals surface area contributed by atoms with E-state index in [0.29, 0.717) is 29.4 Å². The van der Waals surface area contributed by atoms with Gasteiger partial charge in [0.15, 0.2) is 11.5 Å². The number of ether oxygens (including phenoxy) is 3. The Kier molecular flexibility index (Phi) is 5.28. The van der Waals surface area contributed by atoms with E-state index in [1.807, 2.05) is 11.0 Å². The molecule has 1 atom stereocenters. The number of carbonyl (C=O) groups excluding carboxylic acids is 1. The van der Waals surface area contributed by atoms with Crippen molar-refractivity contribution in [1.29, 1.82) is 0 Å². The van der Waals surface area contributed by atoms with Crippen LogP contribution in [-0.4, -0.2) is 38.7 Å². The molecule has 146 valence electrons. The van der Waals surface area contributed by atoms with Crippen LogP contribution >= 0.6 is 22.7 Å². The van der Waals surface area contributed by atoms with Gasteiger partial charge in [0.2, 0.25) is 5.75 Å². The molecular weight excluding hydrogens is 394 g/mol. The van der Waals surface area contributed by atoms with Crippen molar-refractivity contribution >= 4 is 28.6 Å². The van der Waals surface area contributed by atoms with Crippen molar-refractivity contribution < 1.29 is 19.0 Å². The quantitative estimate of drug-likeness (QED) is 0.610. The van der Waals surface area contributed by atoms with Gasteiger partial charge in [0, 0.05) is 21.9 Å². The van der Waals surface area contributed by atoms with Crippen LogP contribution in [0.1, 0.15) is 31.7 Å². The van der Waals surface area contributed by atoms with Crippen molar-refractivity contribution in [1.82, 2.24) is 4.90 Å². The zero-order chi connectivity index (χ0) is 19.7. The maximum atomic E-state index is 13.6. The normalized spacial score (nSPS) is 15.8. The maximum absolute atomic E-state index is 13.6. The smallest absolute Gasteiger partial charge is 0.254 e. The topological polar surface area (TPSA) is 48.0 Å². The lowest BCUT2D eigenvalue weighted by Gasteiger charge is -2.35. The average molecular weight is 416 g/mol. The first-order valence-electron chi connectivity index (χ1n) is 8.88. The molecule has 0 saturated heterocycles. The summed E-state index contributed by atoms with van der Waals surface area (Å²) in [5.74, 6) is 1.39. The minimum absolute atomic E-state index is 0.0468. The zero-order valence-corrected chi connectivity index (χ0v) is 17.6. The van der Waals surface area contributed by atoms with Gasteiger partial charge in [0.05, 0.1) is 27.4 Å². The van der Waals surface area contributed by atoms with Crippen LogP contribution in [0.3, 0.4) is 0 Å². The predicted molar refractivity (Wildman–Crippen MR) is 111 cm³/mol. The second kappa shape index (κ2) is 7.85. The number of rotatable bonds is 5. The van der Waals surface area contributed by atoms with Crippen LogP contribution < -0.4 is 14.2 Å². The molecule has 28 heavy (non-hydrogen) atoms. The summed E-state index contributed by atoms with van der Waals surface area (Å²) in [7, 11) is 4.66. The molecule has 1 aromatic carbocycles. The molecule has 4 rings (SSSR count). The van der Waals surface area contributed by atoms with E-state index < -0.39 is 0 Å². The Morgan fingerprint density at radius 2 is 1.79 bits per heavy atom. The fraction of sp³-hybridized carbons (Fsp3) is 0.286. The van der Waals surface area contributed by atoms with Crippen molar-refractivity contribution in [2.45, 2.75) is 12.5 Å². The molecule has 0 saturated carbocycles. The highest BCUT2D eigenvalue weighted by Crippen LogP contribution is 2.42. The third-order valence-electron chi connectivity index (χ3n) is 4.95. The number of amides is 1. The van der Waals surface area contributed by atoms with Crippen molar-refractivity contribution in [3.05, 3.63) is 62.0 Å². The first-order chi connectivity index (χ1) is 13.7. The molecule has 0 N–H and O–H groups in total. The number of nitrogens with zero attached hydrogens (tertiary/aromatic N) is 1. The van der Waals surface area contributed by atoms with E-state index in [0.717, 1.165) is 6.42 Å². The molecule has 2 aromatic heterocycles. The van der Waals surface area contributed by atoms with Crippen LogP contribution in [0.25, 0.3) is 0 Å². The van der Waals surface area contributed by atoms with E-state index in [1.165, 1.54) is 15.3 Å². The first-order valence-corrected chi connectivity index (χ1v) is 10.6. The highest BCUT2D eigenvalue weighted by molar-refractivity contribution is 7.10. The molecule has 3 heterocycles. The molecule has 0 radical (unpaired) electrons. The number of benzene rings is 1. The maximum Gasteiger partial charge on any atom is 0.254 e. The van der Waals surface area contributed by atoms with Crippen LogP contribution in [0.5, 0.6) is 17.2 Å². The largest absolute Gasteiger partial charge is 0.493 e. The summed E-state index contributed by atoms with van der Waals surface area (Å²) in [5, 5.41) is 4.16. The molecule has 1 unspecified atom stereocenters. The van der Waals surface area contributed by atoms with Crippen LogP contribution in [0.4, 0.5) is 0 Å². The summed E-state index contributed by atoms with van der Waals surface area (Å²) < 4.78 is 16.2. The highest BCUT2D eigenvalue weighted by atomic mass is 32.1. The molecule has 1 aliphatic rings. The second-order valence-corrected chi connectivity index (χ2v) is 8.36. The molecule has 5 nitrogen and oxygen atoms in total. The Hall–Kier alpha value is -2.51. The van der Waals surface area contributed by atoms with E-state index in [2.05, 4.69) is 22.9 Å². The van der Waals surface area contributed by atoms with Crippen molar-refractivity contribution in [2.75, 3.05) is 27.9 Å². The van der Waals surface area contributed by atoms with Crippen LogP contribution in [0.2, 0.25) is 0 Å². The van der Waals surface area contributed by atoms with Crippen molar-refractivity contribution in [3.63, 3.8) is 0 Å². The third kappa shape index (κ3) is 3.14. The number of hydrogen-bond donors (Lipinski definition) is 0. The molecule has 1 amide bonds. The van der Waals surface area contributed by atoms with Gasteiger partial charge >= 0.3 is 0 Å². The van der Waals surface area contributed by atoms with Gasteiger partial charge in [0.1, 0.15) is 0 Å². The lowest BCUT2D eigenvalue weighted by Crippen LogP contribution is -2.39. The Balaban J connectivity index is 1.77. The number of fused-ring (bicyclic) bond motifs is 1. The SMILES string of the molecule is COc1cc(C(=O)N2CCc3sccc3C2c2cccs2)cc(OC)c1OC. The summed E-state index contributed by atoms with van der Waals surface area (Å²) in [6.07, 6.45) is 0.866. The van der Waals surface area contributed by atoms with Crippen molar-refractivity contribution in [2.24, 2.45) is 0 Å². The summed E-state index contributed by atoms with van der Waals surface area (Å²) in [6, 6.07) is 9.64. The predicted octanol–water partition coefficient (Wildman–Crippen LogP) is 4.62. The van der Waals surface area contributed by atoms with Gasteiger partial charge in [-0.2, -0.15) is 0 Å². The fourth-order valence-electron chi connectivity index (χ4n) is 3.66. The highest BCUT2D eigenvalue weighted by Gasteiger charge is 2.34. The Morgan fingerprint density at radius 3 is 2.39 bits per heavy atom. The van der Waals surface area contributed by atoms with E-state index in [9.17, 15) is 4.79 Å². The minimum Gasteiger partial charge on any atom is -0.493 e. The Bertz CT molecular complexity index is 955. The fourth-order valence-corrected chi connectivity index (χ4v) is 5.42. The summed E-state index contributed by atoms with van der Waals surface area (Å²) in [4.78, 5) is 18.0. The lowest BCUT2D eigenvalue weighted by atomic mass is 9.97. The molecule has 0 fully saturated rings. The molecular formula is C21H21NO4S2. The lowest BCUT2D eigenvalue weighted by molar-refractivity contribution is 0.0698.